The standard InChI is InChI=1S/C25H22ClN3O4/c1-14(2)21(29-23(30)17-5-3-4-6-18(17)24(29)31)25(32)28-12-11-19-20(13-28)27-33-22(19)15-7-9-16(26)10-8-15/h3-10,14,21H,11-13H2,1-2H3. The van der Waals surface area contributed by atoms with E-state index >= 15 is 0 Å². The van der Waals surface area contributed by atoms with Gasteiger partial charge in [-0.25, -0.2) is 0 Å². The molecule has 3 heterocycles. The number of hydrogen-bond acceptors (Lipinski definition) is 5. The van der Waals surface area contributed by atoms with E-state index in [0.29, 0.717) is 40.6 Å². The Labute approximate surface area is 195 Å². The molecular weight excluding hydrogens is 442 g/mol. The zero-order valence-electron chi connectivity index (χ0n) is 18.2. The van der Waals surface area contributed by atoms with Crippen LogP contribution >= 0.6 is 11.6 Å². The van der Waals surface area contributed by atoms with Gasteiger partial charge in [-0.05, 0) is 48.7 Å². The zero-order valence-corrected chi connectivity index (χ0v) is 19.0. The second-order valence-corrected chi connectivity index (χ2v) is 9.10. The van der Waals surface area contributed by atoms with E-state index in [0.717, 1.165) is 16.0 Å². The van der Waals surface area contributed by atoms with Crippen LogP contribution in [-0.4, -0.2) is 45.3 Å². The number of rotatable bonds is 4. The van der Waals surface area contributed by atoms with E-state index in [1.807, 2.05) is 26.0 Å². The average molecular weight is 464 g/mol. The minimum Gasteiger partial charge on any atom is -0.356 e. The Hall–Kier alpha value is -3.45. The van der Waals surface area contributed by atoms with Gasteiger partial charge in [-0.3, -0.25) is 19.3 Å². The van der Waals surface area contributed by atoms with E-state index in [9.17, 15) is 14.4 Å². The topological polar surface area (TPSA) is 83.7 Å². The third-order valence-electron chi connectivity index (χ3n) is 6.25. The third kappa shape index (κ3) is 3.53. The van der Waals surface area contributed by atoms with Crippen molar-refractivity contribution in [3.63, 3.8) is 0 Å². The summed E-state index contributed by atoms with van der Waals surface area (Å²) < 4.78 is 5.61. The molecule has 3 amide bonds. The van der Waals surface area contributed by atoms with Crippen LogP contribution in [0.5, 0.6) is 0 Å². The van der Waals surface area contributed by atoms with Gasteiger partial charge in [-0.15, -0.1) is 0 Å². The molecule has 0 saturated heterocycles. The van der Waals surface area contributed by atoms with Gasteiger partial charge in [0.15, 0.2) is 5.76 Å². The number of fused-ring (bicyclic) bond motifs is 2. The number of carbonyl (C=O) groups is 3. The molecule has 2 aromatic carbocycles. The summed E-state index contributed by atoms with van der Waals surface area (Å²) in [6.45, 7) is 4.39. The van der Waals surface area contributed by atoms with Gasteiger partial charge in [-0.1, -0.05) is 42.7 Å². The maximum absolute atomic E-state index is 13.6. The monoisotopic (exact) mass is 463 g/mol. The van der Waals surface area contributed by atoms with Gasteiger partial charge < -0.3 is 9.42 Å². The largest absolute Gasteiger partial charge is 0.356 e. The highest BCUT2D eigenvalue weighted by molar-refractivity contribution is 6.30. The van der Waals surface area contributed by atoms with E-state index < -0.39 is 17.9 Å². The summed E-state index contributed by atoms with van der Waals surface area (Å²) in [6.07, 6.45) is 0.565. The molecule has 0 radical (unpaired) electrons. The Kier molecular flexibility index (Phi) is 5.29. The number of hydrogen-bond donors (Lipinski definition) is 0. The zero-order chi connectivity index (χ0) is 23.3. The Morgan fingerprint density at radius 3 is 2.27 bits per heavy atom. The van der Waals surface area contributed by atoms with E-state index in [2.05, 4.69) is 5.16 Å². The number of benzene rings is 2. The van der Waals surface area contributed by atoms with Gasteiger partial charge in [0.05, 0.1) is 17.7 Å². The van der Waals surface area contributed by atoms with Crippen LogP contribution in [0, 0.1) is 5.92 Å². The summed E-state index contributed by atoms with van der Waals surface area (Å²) in [5.41, 5.74) is 3.20. The first-order chi connectivity index (χ1) is 15.9. The molecule has 0 spiro atoms. The molecule has 3 aromatic rings. The third-order valence-corrected chi connectivity index (χ3v) is 6.50. The minimum absolute atomic E-state index is 0.247. The van der Waals surface area contributed by atoms with Gasteiger partial charge in [-0.2, -0.15) is 0 Å². The quantitative estimate of drug-likeness (QED) is 0.541. The first-order valence-electron chi connectivity index (χ1n) is 10.9. The number of imide groups is 1. The van der Waals surface area contributed by atoms with E-state index in [1.165, 1.54) is 0 Å². The van der Waals surface area contributed by atoms with Crippen molar-refractivity contribution in [2.75, 3.05) is 6.54 Å². The van der Waals surface area contributed by atoms with Gasteiger partial charge >= 0.3 is 0 Å². The van der Waals surface area contributed by atoms with E-state index in [1.54, 1.807) is 41.3 Å². The number of nitrogens with zero attached hydrogens (tertiary/aromatic N) is 3. The predicted molar refractivity (Wildman–Crippen MR) is 122 cm³/mol. The lowest BCUT2D eigenvalue weighted by Crippen LogP contribution is -2.54. The van der Waals surface area contributed by atoms with Crippen LogP contribution in [0.25, 0.3) is 11.3 Å². The van der Waals surface area contributed by atoms with Crippen molar-refractivity contribution >= 4 is 29.3 Å². The van der Waals surface area contributed by atoms with Gasteiger partial charge in [0.25, 0.3) is 11.8 Å². The normalized spacial score (nSPS) is 16.2. The molecule has 1 unspecified atom stereocenters. The van der Waals surface area contributed by atoms with E-state index in [4.69, 9.17) is 16.1 Å². The molecule has 0 N–H and O–H groups in total. The van der Waals surface area contributed by atoms with Crippen molar-refractivity contribution in [3.8, 4) is 11.3 Å². The van der Waals surface area contributed by atoms with Crippen molar-refractivity contribution < 1.29 is 18.9 Å². The maximum atomic E-state index is 13.6. The molecule has 5 rings (SSSR count). The molecule has 1 atom stereocenters. The van der Waals surface area contributed by atoms with Crippen molar-refractivity contribution in [1.29, 1.82) is 0 Å². The van der Waals surface area contributed by atoms with Crippen LogP contribution in [0.4, 0.5) is 0 Å². The molecule has 7 nitrogen and oxygen atoms in total. The number of aromatic nitrogens is 1. The Balaban J connectivity index is 1.40. The first-order valence-corrected chi connectivity index (χ1v) is 11.2. The lowest BCUT2D eigenvalue weighted by Gasteiger charge is -2.35. The Bertz CT molecular complexity index is 1230. The first kappa shape index (κ1) is 21.4. The molecule has 0 aliphatic carbocycles. The SMILES string of the molecule is CC(C)C(C(=O)N1CCc2c(noc2-c2ccc(Cl)cc2)C1)N1C(=O)c2ccccc2C1=O. The second kappa shape index (κ2) is 8.15. The average Bonchev–Trinajstić information content (AvgIpc) is 3.34. The Morgan fingerprint density at radius 1 is 1.03 bits per heavy atom. The number of amides is 3. The molecule has 168 valence electrons. The minimum atomic E-state index is -0.887. The predicted octanol–water partition coefficient (Wildman–Crippen LogP) is 4.20. The van der Waals surface area contributed by atoms with Crippen LogP contribution in [-0.2, 0) is 17.8 Å². The highest BCUT2D eigenvalue weighted by Gasteiger charge is 2.45. The van der Waals surface area contributed by atoms with Crippen molar-refractivity contribution in [2.45, 2.75) is 32.9 Å². The highest BCUT2D eigenvalue weighted by Crippen LogP contribution is 2.33. The molecule has 2 aliphatic heterocycles. The summed E-state index contributed by atoms with van der Waals surface area (Å²) in [5.74, 6) is -0.683. The summed E-state index contributed by atoms with van der Waals surface area (Å²) >= 11 is 5.99. The summed E-state index contributed by atoms with van der Waals surface area (Å²) in [7, 11) is 0. The van der Waals surface area contributed by atoms with Gasteiger partial charge in [0.2, 0.25) is 5.91 Å². The molecular formula is C25H22ClN3O4. The fourth-order valence-electron chi connectivity index (χ4n) is 4.59. The van der Waals surface area contributed by atoms with Crippen molar-refractivity contribution in [1.82, 2.24) is 15.0 Å². The molecule has 0 saturated carbocycles. The van der Waals surface area contributed by atoms with Gasteiger partial charge in [0.1, 0.15) is 11.7 Å². The molecule has 8 heteroatoms. The van der Waals surface area contributed by atoms with Crippen LogP contribution in [0.1, 0.15) is 45.8 Å². The smallest absolute Gasteiger partial charge is 0.262 e. The van der Waals surface area contributed by atoms with Crippen molar-refractivity contribution in [3.05, 3.63) is 75.9 Å². The lowest BCUT2D eigenvalue weighted by atomic mass is 9.97. The van der Waals surface area contributed by atoms with Crippen LogP contribution < -0.4 is 0 Å². The maximum Gasteiger partial charge on any atom is 0.262 e. The fraction of sp³-hybridized carbons (Fsp3) is 0.280. The van der Waals surface area contributed by atoms with Crippen molar-refractivity contribution in [2.24, 2.45) is 5.92 Å². The van der Waals surface area contributed by atoms with Crippen LogP contribution in [0.3, 0.4) is 0 Å². The molecule has 2 aliphatic rings. The van der Waals surface area contributed by atoms with E-state index in [-0.39, 0.29) is 18.4 Å². The summed E-state index contributed by atoms with van der Waals surface area (Å²) in [6, 6.07) is 13.1. The molecule has 0 fully saturated rings. The van der Waals surface area contributed by atoms with Crippen LogP contribution in [0.2, 0.25) is 5.02 Å². The highest BCUT2D eigenvalue weighted by atomic mass is 35.5. The number of halogens is 1. The lowest BCUT2D eigenvalue weighted by molar-refractivity contribution is -0.137. The van der Waals surface area contributed by atoms with Crippen LogP contribution in [0.15, 0.2) is 53.1 Å². The fourth-order valence-corrected chi connectivity index (χ4v) is 4.71. The number of carbonyl (C=O) groups excluding carboxylic acids is 3. The molecule has 1 aromatic heterocycles. The second-order valence-electron chi connectivity index (χ2n) is 8.67. The molecule has 33 heavy (non-hydrogen) atoms. The Morgan fingerprint density at radius 2 is 1.67 bits per heavy atom. The summed E-state index contributed by atoms with van der Waals surface area (Å²) in [4.78, 5) is 42.4. The summed E-state index contributed by atoms with van der Waals surface area (Å²) in [5, 5.41) is 4.84. The van der Waals surface area contributed by atoms with Gasteiger partial charge in [0, 0.05) is 22.7 Å². The molecule has 0 bridgehead atoms.